The molecule has 1 fully saturated rings. The van der Waals surface area contributed by atoms with Crippen molar-refractivity contribution in [1.82, 2.24) is 4.31 Å². The lowest BCUT2D eigenvalue weighted by Crippen LogP contribution is -3.16. The van der Waals surface area contributed by atoms with Crippen LogP contribution in [0.25, 0.3) is 0 Å². The normalized spacial score (nSPS) is 24.8. The number of ether oxygens (including phenoxy) is 1. The molecule has 0 unspecified atom stereocenters. The standard InChI is InChI=1S/C16H25N3O4S/c1-12-9-19(10-13(2)23-12)11-16(20)17-14-5-7-15(8-6-14)24(21,22)18(3)4/h5-8,12-13H,9-11H2,1-4H3,(H,17,20)/p+1/t12-,13-/m0/s1. The number of carbonyl (C=O) groups is 1. The Kier molecular flexibility index (Phi) is 5.97. The van der Waals surface area contributed by atoms with Crippen molar-refractivity contribution in [1.29, 1.82) is 0 Å². The molecule has 1 amide bonds. The Morgan fingerprint density at radius 3 is 2.25 bits per heavy atom. The van der Waals surface area contributed by atoms with Crippen LogP contribution in [-0.4, -0.2) is 64.6 Å². The molecular weight excluding hydrogens is 330 g/mol. The maximum absolute atomic E-state index is 12.2. The van der Waals surface area contributed by atoms with Crippen LogP contribution in [0, 0.1) is 0 Å². The molecular formula is C16H26N3O4S+. The average Bonchev–Trinajstić information content (AvgIpc) is 2.46. The van der Waals surface area contributed by atoms with Crippen LogP contribution in [0.2, 0.25) is 0 Å². The highest BCUT2D eigenvalue weighted by molar-refractivity contribution is 7.89. The minimum absolute atomic E-state index is 0.0884. The summed E-state index contributed by atoms with van der Waals surface area (Å²) in [6.07, 6.45) is 0.291. The maximum atomic E-state index is 12.2. The number of rotatable bonds is 5. The molecule has 1 heterocycles. The van der Waals surface area contributed by atoms with Gasteiger partial charge in [0.05, 0.1) is 4.90 Å². The van der Waals surface area contributed by atoms with Crippen LogP contribution in [0.5, 0.6) is 0 Å². The number of anilines is 1. The van der Waals surface area contributed by atoms with Crippen LogP contribution < -0.4 is 10.2 Å². The lowest BCUT2D eigenvalue weighted by molar-refractivity contribution is -0.907. The van der Waals surface area contributed by atoms with Gasteiger partial charge in [0, 0.05) is 19.8 Å². The second-order valence-electron chi connectivity index (χ2n) is 6.45. The fourth-order valence-corrected chi connectivity index (χ4v) is 3.79. The minimum Gasteiger partial charge on any atom is -0.364 e. The van der Waals surface area contributed by atoms with Gasteiger partial charge in [0.1, 0.15) is 25.3 Å². The van der Waals surface area contributed by atoms with E-state index in [4.69, 9.17) is 4.74 Å². The Balaban J connectivity index is 1.95. The summed E-state index contributed by atoms with van der Waals surface area (Å²) >= 11 is 0. The summed E-state index contributed by atoms with van der Waals surface area (Å²) in [6, 6.07) is 6.20. The lowest BCUT2D eigenvalue weighted by Gasteiger charge is -2.31. The van der Waals surface area contributed by atoms with Gasteiger partial charge in [0.25, 0.3) is 5.91 Å². The molecule has 7 nitrogen and oxygen atoms in total. The number of morpholine rings is 1. The van der Waals surface area contributed by atoms with Crippen LogP contribution >= 0.6 is 0 Å². The van der Waals surface area contributed by atoms with Crippen LogP contribution in [0.1, 0.15) is 13.8 Å². The van der Waals surface area contributed by atoms with Crippen LogP contribution in [0.4, 0.5) is 5.69 Å². The summed E-state index contributed by atoms with van der Waals surface area (Å²) in [5, 5.41) is 2.82. The van der Waals surface area contributed by atoms with Crippen molar-refractivity contribution in [3.8, 4) is 0 Å². The number of nitrogens with one attached hydrogen (secondary N) is 2. The van der Waals surface area contributed by atoms with Gasteiger partial charge in [-0.15, -0.1) is 0 Å². The van der Waals surface area contributed by atoms with Gasteiger partial charge in [0.2, 0.25) is 10.0 Å². The molecule has 0 aliphatic carbocycles. The average molecular weight is 356 g/mol. The van der Waals surface area contributed by atoms with Crippen molar-refractivity contribution in [2.75, 3.05) is 39.0 Å². The molecule has 1 aliphatic rings. The van der Waals surface area contributed by atoms with E-state index in [0.29, 0.717) is 12.2 Å². The predicted molar refractivity (Wildman–Crippen MR) is 91.5 cm³/mol. The number of quaternary nitrogens is 1. The molecule has 1 aliphatic heterocycles. The molecule has 0 radical (unpaired) electrons. The molecule has 1 aromatic carbocycles. The molecule has 0 bridgehead atoms. The second kappa shape index (κ2) is 7.60. The Bertz CT molecular complexity index is 663. The first kappa shape index (κ1) is 18.9. The van der Waals surface area contributed by atoms with Gasteiger partial charge in [0.15, 0.2) is 6.54 Å². The van der Waals surface area contributed by atoms with Gasteiger partial charge < -0.3 is 15.0 Å². The highest BCUT2D eigenvalue weighted by atomic mass is 32.2. The van der Waals surface area contributed by atoms with E-state index < -0.39 is 10.0 Å². The van der Waals surface area contributed by atoms with Crippen molar-refractivity contribution in [3.05, 3.63) is 24.3 Å². The highest BCUT2D eigenvalue weighted by Gasteiger charge is 2.27. The summed E-state index contributed by atoms with van der Waals surface area (Å²) in [5.74, 6) is -0.0884. The summed E-state index contributed by atoms with van der Waals surface area (Å²) in [5.41, 5.74) is 0.589. The van der Waals surface area contributed by atoms with Crippen molar-refractivity contribution in [2.24, 2.45) is 0 Å². The molecule has 24 heavy (non-hydrogen) atoms. The summed E-state index contributed by atoms with van der Waals surface area (Å²) in [6.45, 7) is 6.00. The van der Waals surface area contributed by atoms with E-state index >= 15 is 0 Å². The van der Waals surface area contributed by atoms with Crippen molar-refractivity contribution >= 4 is 21.6 Å². The first-order chi connectivity index (χ1) is 11.2. The summed E-state index contributed by atoms with van der Waals surface area (Å²) in [7, 11) is -0.486. The number of hydrogen-bond donors (Lipinski definition) is 2. The molecule has 1 aromatic rings. The van der Waals surface area contributed by atoms with Gasteiger partial charge in [-0.25, -0.2) is 12.7 Å². The highest BCUT2D eigenvalue weighted by Crippen LogP contribution is 2.16. The van der Waals surface area contributed by atoms with E-state index in [9.17, 15) is 13.2 Å². The van der Waals surface area contributed by atoms with E-state index in [-0.39, 0.29) is 23.0 Å². The largest absolute Gasteiger partial charge is 0.364 e. The van der Waals surface area contributed by atoms with Crippen LogP contribution in [0.15, 0.2) is 29.2 Å². The number of carbonyl (C=O) groups excluding carboxylic acids is 1. The zero-order valence-corrected chi connectivity index (χ0v) is 15.4. The minimum atomic E-state index is -3.45. The molecule has 2 atom stereocenters. The number of benzene rings is 1. The van der Waals surface area contributed by atoms with E-state index in [1.165, 1.54) is 31.1 Å². The van der Waals surface area contributed by atoms with Crippen LogP contribution in [0.3, 0.4) is 0 Å². The molecule has 0 aromatic heterocycles. The number of sulfonamides is 1. The van der Waals surface area contributed by atoms with Gasteiger partial charge in [-0.2, -0.15) is 0 Å². The SMILES string of the molecule is C[C@H]1C[NH+](CC(=O)Nc2ccc(S(=O)(=O)N(C)C)cc2)C[C@H](C)O1. The maximum Gasteiger partial charge on any atom is 0.279 e. The van der Waals surface area contributed by atoms with Crippen LogP contribution in [-0.2, 0) is 19.6 Å². The number of hydrogen-bond acceptors (Lipinski definition) is 4. The van der Waals surface area contributed by atoms with Gasteiger partial charge in [-0.05, 0) is 38.1 Å². The lowest BCUT2D eigenvalue weighted by atomic mass is 10.2. The molecule has 8 heteroatoms. The molecule has 2 N–H and O–H groups in total. The van der Waals surface area contributed by atoms with Crippen molar-refractivity contribution < 1.29 is 22.8 Å². The van der Waals surface area contributed by atoms with Gasteiger partial charge in [-0.1, -0.05) is 0 Å². The Morgan fingerprint density at radius 2 is 1.75 bits per heavy atom. The number of nitrogens with zero attached hydrogens (tertiary/aromatic N) is 1. The first-order valence-corrected chi connectivity index (χ1v) is 9.44. The van der Waals surface area contributed by atoms with E-state index in [1.807, 2.05) is 13.8 Å². The molecule has 1 saturated heterocycles. The zero-order chi connectivity index (χ0) is 17.9. The fourth-order valence-electron chi connectivity index (χ4n) is 2.89. The molecule has 134 valence electrons. The topological polar surface area (TPSA) is 80.2 Å². The second-order valence-corrected chi connectivity index (χ2v) is 8.60. The summed E-state index contributed by atoms with van der Waals surface area (Å²) < 4.78 is 30.9. The van der Waals surface area contributed by atoms with Gasteiger partial charge >= 0.3 is 0 Å². The Morgan fingerprint density at radius 1 is 1.21 bits per heavy atom. The third kappa shape index (κ3) is 4.76. The smallest absolute Gasteiger partial charge is 0.279 e. The fraction of sp³-hybridized carbons (Fsp3) is 0.562. The summed E-state index contributed by atoms with van der Waals surface area (Å²) in [4.78, 5) is 13.6. The van der Waals surface area contributed by atoms with E-state index in [2.05, 4.69) is 5.32 Å². The quantitative estimate of drug-likeness (QED) is 0.750. The molecule has 0 spiro atoms. The Hall–Kier alpha value is -1.48. The first-order valence-electron chi connectivity index (χ1n) is 8.00. The molecule has 2 rings (SSSR count). The Labute approximate surface area is 143 Å². The van der Waals surface area contributed by atoms with E-state index in [1.54, 1.807) is 12.1 Å². The van der Waals surface area contributed by atoms with E-state index in [0.717, 1.165) is 17.4 Å². The van der Waals surface area contributed by atoms with Gasteiger partial charge in [-0.3, -0.25) is 4.79 Å². The molecule has 0 saturated carbocycles. The third-order valence-corrected chi connectivity index (χ3v) is 5.77. The number of amides is 1. The van der Waals surface area contributed by atoms with Crippen molar-refractivity contribution in [2.45, 2.75) is 31.0 Å². The monoisotopic (exact) mass is 356 g/mol. The van der Waals surface area contributed by atoms with Crippen molar-refractivity contribution in [3.63, 3.8) is 0 Å². The predicted octanol–water partition coefficient (Wildman–Crippen LogP) is -0.432. The zero-order valence-electron chi connectivity index (χ0n) is 14.6. The third-order valence-electron chi connectivity index (χ3n) is 3.94.